The lowest BCUT2D eigenvalue weighted by atomic mass is 9.98. The molecule has 9 unspecified atom stereocenters. The molecule has 9 atom stereocenters. The quantitative estimate of drug-likeness (QED) is 0.0272. The Balaban J connectivity index is 2.13. The molecule has 520 valence electrons. The van der Waals surface area contributed by atoms with Crippen LogP contribution in [-0.4, -0.2) is 110 Å². The monoisotopic (exact) mass is 1240 g/mol. The second-order valence-electron chi connectivity index (χ2n) is 27.8. The Kier molecular flexibility index (Phi) is 63.0. The largest absolute Gasteiger partial charge is 0.394 e. The van der Waals surface area contributed by atoms with E-state index >= 15 is 0 Å². The third-order valence-corrected chi connectivity index (χ3v) is 19.4. The van der Waals surface area contributed by atoms with E-state index in [1.807, 2.05) is 0 Å². The second-order valence-corrected chi connectivity index (χ2v) is 27.8. The van der Waals surface area contributed by atoms with Crippen molar-refractivity contribution in [3.8, 4) is 0 Å². The van der Waals surface area contributed by atoms with Crippen molar-refractivity contribution in [2.45, 2.75) is 467 Å². The fourth-order valence-corrected chi connectivity index (χ4v) is 13.2. The number of rotatable bonds is 70. The first-order chi connectivity index (χ1) is 42.7. The molecule has 11 nitrogen and oxygen atoms in total. The molecular formula is C76H151NO10. The van der Waals surface area contributed by atoms with Crippen LogP contribution in [0.4, 0.5) is 0 Å². The van der Waals surface area contributed by atoms with Gasteiger partial charge in [-0.3, -0.25) is 4.79 Å². The van der Waals surface area contributed by atoms with Gasteiger partial charge in [-0.2, -0.15) is 0 Å². The van der Waals surface area contributed by atoms with E-state index in [9.17, 15) is 40.5 Å². The van der Waals surface area contributed by atoms with Crippen molar-refractivity contribution in [1.82, 2.24) is 5.32 Å². The van der Waals surface area contributed by atoms with Crippen molar-refractivity contribution in [2.75, 3.05) is 13.2 Å². The van der Waals surface area contributed by atoms with Gasteiger partial charge in [0, 0.05) is 0 Å². The van der Waals surface area contributed by atoms with E-state index in [1.54, 1.807) is 0 Å². The number of aliphatic hydroxyl groups excluding tert-OH is 7. The number of amides is 1. The van der Waals surface area contributed by atoms with Crippen LogP contribution >= 0.6 is 0 Å². The lowest BCUT2D eigenvalue weighted by Crippen LogP contribution is -2.60. The Labute approximate surface area is 539 Å². The van der Waals surface area contributed by atoms with Crippen molar-refractivity contribution in [1.29, 1.82) is 0 Å². The van der Waals surface area contributed by atoms with Crippen molar-refractivity contribution in [3.05, 3.63) is 0 Å². The van der Waals surface area contributed by atoms with E-state index in [-0.39, 0.29) is 6.42 Å². The minimum absolute atomic E-state index is 0.268. The Morgan fingerprint density at radius 3 is 0.851 bits per heavy atom. The molecule has 0 radical (unpaired) electrons. The lowest BCUT2D eigenvalue weighted by Gasteiger charge is -2.40. The SMILES string of the molecule is CCCCCCCCCCCCCCCCCCCCCCCCCCCCCCCCCCC(O)C(=O)NC(COC1OC(CO)C(O)C(O)C1O)C(O)C(O)CCCCCCCCCCCCCCCCCCCCCCCCCCCCCC. The summed E-state index contributed by atoms with van der Waals surface area (Å²) in [6, 6.07) is -1.17. The molecule has 1 fully saturated rings. The molecule has 0 spiro atoms. The molecule has 1 rings (SSSR count). The first-order valence-electron chi connectivity index (χ1n) is 38.9. The van der Waals surface area contributed by atoms with Gasteiger partial charge in [0.2, 0.25) is 5.91 Å². The molecule has 1 aliphatic heterocycles. The van der Waals surface area contributed by atoms with Crippen LogP contribution in [0.1, 0.15) is 412 Å². The summed E-state index contributed by atoms with van der Waals surface area (Å²) in [4.78, 5) is 13.3. The predicted octanol–water partition coefficient (Wildman–Crippen LogP) is 19.6. The predicted molar refractivity (Wildman–Crippen MR) is 367 cm³/mol. The highest BCUT2D eigenvalue weighted by atomic mass is 16.7. The van der Waals surface area contributed by atoms with Crippen molar-refractivity contribution >= 4 is 5.91 Å². The van der Waals surface area contributed by atoms with Crippen LogP contribution in [0.15, 0.2) is 0 Å². The van der Waals surface area contributed by atoms with Crippen molar-refractivity contribution in [3.63, 3.8) is 0 Å². The van der Waals surface area contributed by atoms with Crippen molar-refractivity contribution in [2.24, 2.45) is 0 Å². The molecule has 11 heteroatoms. The number of ether oxygens (including phenoxy) is 2. The number of unbranched alkanes of at least 4 members (excludes halogenated alkanes) is 58. The Hall–Kier alpha value is -0.890. The molecular weight excluding hydrogens is 1090 g/mol. The molecule has 1 heterocycles. The number of carbonyl (C=O) groups excluding carboxylic acids is 1. The van der Waals surface area contributed by atoms with E-state index in [2.05, 4.69) is 19.2 Å². The summed E-state index contributed by atoms with van der Waals surface area (Å²) in [7, 11) is 0. The summed E-state index contributed by atoms with van der Waals surface area (Å²) in [6.07, 6.45) is 69.2. The highest BCUT2D eigenvalue weighted by molar-refractivity contribution is 5.80. The zero-order valence-corrected chi connectivity index (χ0v) is 57.8. The maximum Gasteiger partial charge on any atom is 0.249 e. The van der Waals surface area contributed by atoms with Gasteiger partial charge in [0.1, 0.15) is 36.6 Å². The topological polar surface area (TPSA) is 189 Å². The second kappa shape index (κ2) is 65.2. The van der Waals surface area contributed by atoms with Crippen LogP contribution in [0.5, 0.6) is 0 Å². The molecule has 0 aliphatic carbocycles. The first kappa shape index (κ1) is 84.1. The molecule has 0 aromatic rings. The number of hydrogen-bond acceptors (Lipinski definition) is 10. The van der Waals surface area contributed by atoms with Gasteiger partial charge in [0.15, 0.2) is 6.29 Å². The number of nitrogens with one attached hydrogen (secondary N) is 1. The molecule has 0 bridgehead atoms. The number of aliphatic hydroxyl groups is 7. The first-order valence-corrected chi connectivity index (χ1v) is 38.9. The molecule has 1 saturated heterocycles. The summed E-state index contributed by atoms with van der Waals surface area (Å²) in [6.45, 7) is 3.54. The molecule has 8 N–H and O–H groups in total. The summed E-state index contributed by atoms with van der Waals surface area (Å²) < 4.78 is 11.2. The number of carbonyl (C=O) groups is 1. The smallest absolute Gasteiger partial charge is 0.249 e. The van der Waals surface area contributed by atoms with Gasteiger partial charge in [0.25, 0.3) is 0 Å². The van der Waals surface area contributed by atoms with E-state index in [4.69, 9.17) is 9.47 Å². The Morgan fingerprint density at radius 1 is 0.356 bits per heavy atom. The third kappa shape index (κ3) is 52.2. The van der Waals surface area contributed by atoms with E-state index < -0.39 is 74.2 Å². The van der Waals surface area contributed by atoms with Crippen LogP contribution in [0.3, 0.4) is 0 Å². The minimum atomic E-state index is -1.66. The maximum absolute atomic E-state index is 13.3. The highest BCUT2D eigenvalue weighted by Crippen LogP contribution is 2.25. The van der Waals surface area contributed by atoms with Gasteiger partial charge >= 0.3 is 0 Å². The van der Waals surface area contributed by atoms with Crippen LogP contribution < -0.4 is 5.32 Å². The van der Waals surface area contributed by atoms with Crippen LogP contribution in [0.25, 0.3) is 0 Å². The minimum Gasteiger partial charge on any atom is -0.394 e. The van der Waals surface area contributed by atoms with Crippen LogP contribution in [0.2, 0.25) is 0 Å². The van der Waals surface area contributed by atoms with E-state index in [0.29, 0.717) is 19.3 Å². The van der Waals surface area contributed by atoms with Gasteiger partial charge < -0.3 is 50.5 Å². The number of hydrogen-bond donors (Lipinski definition) is 8. The third-order valence-electron chi connectivity index (χ3n) is 19.4. The van der Waals surface area contributed by atoms with Gasteiger partial charge in [-0.05, 0) is 12.8 Å². The zero-order chi connectivity index (χ0) is 63.1. The standard InChI is InChI=1S/C76H151NO10/c1-3-5-7-9-11-13-15-17-19-21-23-25-27-29-31-33-34-35-36-38-40-42-44-46-48-50-52-54-56-58-60-62-64-69(80)75(85)77-67(66-86-76-74(84)73(83)72(82)70(65-78)87-76)71(81)68(79)63-61-59-57-55-53-51-49-47-45-43-41-39-37-32-30-28-26-24-22-20-18-16-14-12-10-8-6-4-2/h67-74,76,78-84H,3-66H2,1-2H3,(H,77,85). The summed E-state index contributed by atoms with van der Waals surface area (Å²) in [5, 5.41) is 76.7. The Bertz CT molecular complexity index is 1380. The van der Waals surface area contributed by atoms with Crippen molar-refractivity contribution < 1.29 is 50.0 Å². The Morgan fingerprint density at radius 2 is 0.598 bits per heavy atom. The highest BCUT2D eigenvalue weighted by Gasteiger charge is 2.44. The van der Waals surface area contributed by atoms with Gasteiger partial charge in [-0.1, -0.05) is 399 Å². The fourth-order valence-electron chi connectivity index (χ4n) is 13.2. The molecule has 0 aromatic carbocycles. The fraction of sp³-hybridized carbons (Fsp3) is 0.987. The molecule has 0 saturated carbocycles. The maximum atomic E-state index is 13.3. The van der Waals surface area contributed by atoms with Gasteiger partial charge in [-0.15, -0.1) is 0 Å². The van der Waals surface area contributed by atoms with E-state index in [0.717, 1.165) is 38.5 Å². The zero-order valence-electron chi connectivity index (χ0n) is 57.8. The summed E-state index contributed by atoms with van der Waals surface area (Å²) in [5.41, 5.74) is 0. The van der Waals surface area contributed by atoms with Crippen LogP contribution in [-0.2, 0) is 14.3 Å². The average molecular weight is 1240 g/mol. The van der Waals surface area contributed by atoms with Gasteiger partial charge in [0.05, 0.1) is 25.4 Å². The summed E-state index contributed by atoms with van der Waals surface area (Å²) >= 11 is 0. The average Bonchev–Trinajstić information content (AvgIpc) is 1.96. The normalized spacial score (nSPS) is 18.6. The molecule has 1 amide bonds. The molecule has 87 heavy (non-hydrogen) atoms. The van der Waals surface area contributed by atoms with Gasteiger partial charge in [-0.25, -0.2) is 0 Å². The molecule has 0 aromatic heterocycles. The van der Waals surface area contributed by atoms with Crippen LogP contribution in [0, 0.1) is 0 Å². The summed E-state index contributed by atoms with van der Waals surface area (Å²) in [5.74, 6) is -0.685. The lowest BCUT2D eigenvalue weighted by molar-refractivity contribution is -0.303. The molecule has 1 aliphatic rings. The van der Waals surface area contributed by atoms with E-state index in [1.165, 1.54) is 334 Å².